The van der Waals surface area contributed by atoms with Crippen molar-refractivity contribution in [3.8, 4) is 0 Å². The first-order valence-electron chi connectivity index (χ1n) is 7.61. The molecule has 1 aromatic rings. The highest BCUT2D eigenvalue weighted by Crippen LogP contribution is 2.36. The molecule has 21 heavy (non-hydrogen) atoms. The number of hydrogen-bond donors (Lipinski definition) is 1. The first kappa shape index (κ1) is 16.5. The molecule has 0 bridgehead atoms. The first-order valence-corrected chi connectivity index (χ1v) is 7.61. The van der Waals surface area contributed by atoms with Gasteiger partial charge in [0.15, 0.2) is 0 Å². The Balaban J connectivity index is 2.25. The molecule has 3 nitrogen and oxygen atoms in total. The number of nitrogens with one attached hydrogen (secondary N) is 1. The number of hydrogen-bond acceptors (Lipinski definition) is 3. The molecule has 0 unspecified atom stereocenters. The Labute approximate surface area is 127 Å². The molecule has 1 fully saturated rings. The molecule has 0 aromatic heterocycles. The van der Waals surface area contributed by atoms with Gasteiger partial charge in [-0.05, 0) is 63.8 Å². The van der Waals surface area contributed by atoms with Crippen LogP contribution >= 0.6 is 0 Å². The van der Waals surface area contributed by atoms with Crippen molar-refractivity contribution in [2.75, 3.05) is 6.54 Å². The zero-order valence-corrected chi connectivity index (χ0v) is 13.6. The SMILES string of the molecule is CCCNCc1ccc(F)cc1B1OC(C)(C)C(C)(C)O1. The van der Waals surface area contributed by atoms with Gasteiger partial charge in [-0.1, -0.05) is 13.0 Å². The Morgan fingerprint density at radius 2 is 1.76 bits per heavy atom. The molecule has 1 heterocycles. The minimum Gasteiger partial charge on any atom is -0.399 e. The summed E-state index contributed by atoms with van der Waals surface area (Å²) in [5.74, 6) is -0.265. The summed E-state index contributed by atoms with van der Waals surface area (Å²) in [6, 6.07) is 4.81. The van der Waals surface area contributed by atoms with Crippen molar-refractivity contribution in [1.29, 1.82) is 0 Å². The fourth-order valence-corrected chi connectivity index (χ4v) is 2.32. The van der Waals surface area contributed by atoms with Gasteiger partial charge in [-0.25, -0.2) is 4.39 Å². The molecule has 1 N–H and O–H groups in total. The lowest BCUT2D eigenvalue weighted by Gasteiger charge is -2.32. The molecule has 0 radical (unpaired) electrons. The van der Waals surface area contributed by atoms with Crippen LogP contribution < -0.4 is 10.8 Å². The van der Waals surface area contributed by atoms with Crippen molar-refractivity contribution in [3.63, 3.8) is 0 Å². The van der Waals surface area contributed by atoms with Crippen LogP contribution in [0.5, 0.6) is 0 Å². The molecule has 1 aromatic carbocycles. The lowest BCUT2D eigenvalue weighted by molar-refractivity contribution is 0.00578. The van der Waals surface area contributed by atoms with E-state index in [0.29, 0.717) is 6.54 Å². The third-order valence-corrected chi connectivity index (χ3v) is 4.36. The van der Waals surface area contributed by atoms with Crippen molar-refractivity contribution in [3.05, 3.63) is 29.6 Å². The summed E-state index contributed by atoms with van der Waals surface area (Å²) < 4.78 is 25.7. The lowest BCUT2D eigenvalue weighted by atomic mass is 9.76. The maximum Gasteiger partial charge on any atom is 0.495 e. The van der Waals surface area contributed by atoms with Gasteiger partial charge in [-0.15, -0.1) is 0 Å². The lowest BCUT2D eigenvalue weighted by Crippen LogP contribution is -2.41. The minimum absolute atomic E-state index is 0.265. The standard InChI is InChI=1S/C16H25BFNO2/c1-6-9-19-11-12-7-8-13(18)10-14(12)17-20-15(2,3)16(4,5)21-17/h7-8,10,19H,6,9,11H2,1-5H3. The maximum absolute atomic E-state index is 13.6. The van der Waals surface area contributed by atoms with E-state index in [1.807, 2.05) is 27.7 Å². The smallest absolute Gasteiger partial charge is 0.399 e. The van der Waals surface area contributed by atoms with Crippen LogP contribution in [0.15, 0.2) is 18.2 Å². The van der Waals surface area contributed by atoms with Crippen LogP contribution in [-0.2, 0) is 15.9 Å². The summed E-state index contributed by atoms with van der Waals surface area (Å²) in [5, 5.41) is 3.34. The average Bonchev–Trinajstić information content (AvgIpc) is 2.60. The molecule has 116 valence electrons. The van der Waals surface area contributed by atoms with E-state index in [4.69, 9.17) is 9.31 Å². The quantitative estimate of drug-likeness (QED) is 0.668. The van der Waals surface area contributed by atoms with Gasteiger partial charge in [0, 0.05) is 6.54 Å². The molecule has 0 spiro atoms. The monoisotopic (exact) mass is 293 g/mol. The molecule has 0 aliphatic carbocycles. The Morgan fingerprint density at radius 3 is 2.33 bits per heavy atom. The molecule has 0 amide bonds. The zero-order valence-electron chi connectivity index (χ0n) is 13.6. The summed E-state index contributed by atoms with van der Waals surface area (Å²) in [7, 11) is -0.524. The topological polar surface area (TPSA) is 30.5 Å². The van der Waals surface area contributed by atoms with Crippen LogP contribution in [-0.4, -0.2) is 24.9 Å². The Kier molecular flexibility index (Phi) is 4.76. The van der Waals surface area contributed by atoms with Crippen LogP contribution in [0.25, 0.3) is 0 Å². The molecule has 2 rings (SSSR count). The fraction of sp³-hybridized carbons (Fsp3) is 0.625. The first-order chi connectivity index (χ1) is 9.77. The van der Waals surface area contributed by atoms with E-state index in [0.717, 1.165) is 24.0 Å². The van der Waals surface area contributed by atoms with E-state index < -0.39 is 18.3 Å². The summed E-state index contributed by atoms with van der Waals surface area (Å²) >= 11 is 0. The number of halogens is 1. The summed E-state index contributed by atoms with van der Waals surface area (Å²) in [6.45, 7) is 11.7. The van der Waals surface area contributed by atoms with Crippen LogP contribution in [0.4, 0.5) is 4.39 Å². The van der Waals surface area contributed by atoms with E-state index >= 15 is 0 Å². The number of rotatable bonds is 5. The van der Waals surface area contributed by atoms with Crippen LogP contribution in [0, 0.1) is 5.82 Å². The van der Waals surface area contributed by atoms with Crippen molar-refractivity contribution in [2.24, 2.45) is 0 Å². The van der Waals surface area contributed by atoms with Gasteiger partial charge in [-0.3, -0.25) is 0 Å². The predicted molar refractivity (Wildman–Crippen MR) is 84.1 cm³/mol. The second-order valence-corrected chi connectivity index (χ2v) is 6.61. The highest BCUT2D eigenvalue weighted by molar-refractivity contribution is 6.62. The fourth-order valence-electron chi connectivity index (χ4n) is 2.32. The zero-order chi connectivity index (χ0) is 15.7. The maximum atomic E-state index is 13.6. The summed E-state index contributed by atoms with van der Waals surface area (Å²) in [6.07, 6.45) is 1.06. The second-order valence-electron chi connectivity index (χ2n) is 6.61. The van der Waals surface area contributed by atoms with Gasteiger partial charge in [0.2, 0.25) is 0 Å². The molecule has 1 aliphatic rings. The van der Waals surface area contributed by atoms with Crippen molar-refractivity contribution < 1.29 is 13.7 Å². The van der Waals surface area contributed by atoms with Gasteiger partial charge in [-0.2, -0.15) is 0 Å². The summed E-state index contributed by atoms with van der Waals surface area (Å²) in [5.41, 5.74) is 0.955. The predicted octanol–water partition coefficient (Wildman–Crippen LogP) is 2.62. The highest BCUT2D eigenvalue weighted by Gasteiger charge is 2.52. The largest absolute Gasteiger partial charge is 0.495 e. The molecule has 1 aliphatic heterocycles. The van der Waals surface area contributed by atoms with Crippen molar-refractivity contribution in [1.82, 2.24) is 5.32 Å². The van der Waals surface area contributed by atoms with E-state index in [2.05, 4.69) is 12.2 Å². The molecule has 0 saturated carbocycles. The van der Waals surface area contributed by atoms with Crippen LogP contribution in [0.3, 0.4) is 0 Å². The Hall–Kier alpha value is -0.905. The average molecular weight is 293 g/mol. The molecular weight excluding hydrogens is 268 g/mol. The minimum atomic E-state index is -0.524. The molecule has 0 atom stereocenters. The van der Waals surface area contributed by atoms with Gasteiger partial charge in [0.05, 0.1) is 11.2 Å². The van der Waals surface area contributed by atoms with Gasteiger partial charge in [0.1, 0.15) is 5.82 Å². The van der Waals surface area contributed by atoms with Gasteiger partial charge in [0.25, 0.3) is 0 Å². The van der Waals surface area contributed by atoms with E-state index in [1.54, 1.807) is 6.07 Å². The molecule has 1 saturated heterocycles. The third kappa shape index (κ3) is 3.47. The van der Waals surface area contributed by atoms with Gasteiger partial charge >= 0.3 is 7.12 Å². The van der Waals surface area contributed by atoms with Crippen molar-refractivity contribution in [2.45, 2.75) is 58.8 Å². The van der Waals surface area contributed by atoms with Gasteiger partial charge < -0.3 is 14.6 Å². The number of benzene rings is 1. The van der Waals surface area contributed by atoms with E-state index in [-0.39, 0.29) is 5.82 Å². The van der Waals surface area contributed by atoms with Crippen LogP contribution in [0.1, 0.15) is 46.6 Å². The summed E-state index contributed by atoms with van der Waals surface area (Å²) in [4.78, 5) is 0. The second kappa shape index (κ2) is 6.07. The molecular formula is C16H25BFNO2. The Bertz CT molecular complexity index is 489. The highest BCUT2D eigenvalue weighted by atomic mass is 19.1. The normalized spacial score (nSPS) is 20.0. The van der Waals surface area contributed by atoms with Crippen molar-refractivity contribution >= 4 is 12.6 Å². The van der Waals surface area contributed by atoms with E-state index in [1.165, 1.54) is 12.1 Å². The van der Waals surface area contributed by atoms with E-state index in [9.17, 15) is 4.39 Å². The van der Waals surface area contributed by atoms with Crippen LogP contribution in [0.2, 0.25) is 0 Å². The molecule has 5 heteroatoms. The third-order valence-electron chi connectivity index (χ3n) is 4.36. The Morgan fingerprint density at radius 1 is 1.14 bits per heavy atom.